The van der Waals surface area contributed by atoms with E-state index in [4.69, 9.17) is 0 Å². The van der Waals surface area contributed by atoms with E-state index in [0.717, 1.165) is 13.1 Å². The number of rotatable bonds is 9. The number of hydrogen-bond acceptors (Lipinski definition) is 2. The largest absolute Gasteiger partial charge is 0.481 e. The van der Waals surface area contributed by atoms with Gasteiger partial charge in [-0.15, -0.1) is 0 Å². The maximum atomic E-state index is 11.2. The minimum Gasteiger partial charge on any atom is -0.481 e. The van der Waals surface area contributed by atoms with Crippen LogP contribution in [0.25, 0.3) is 0 Å². The van der Waals surface area contributed by atoms with Crippen LogP contribution in [0, 0.1) is 0 Å². The maximum absolute atomic E-state index is 11.2. The summed E-state index contributed by atoms with van der Waals surface area (Å²) in [5, 5.41) is 9.19. The van der Waals surface area contributed by atoms with Crippen molar-refractivity contribution in [1.29, 1.82) is 0 Å². The Hall–Kier alpha value is -2.13. The molecule has 0 aliphatic heterocycles. The molecular weight excluding hydrogens is 298 g/mol. The first-order chi connectivity index (χ1) is 11.7. The van der Waals surface area contributed by atoms with Gasteiger partial charge in [0.15, 0.2) is 0 Å². The molecule has 0 bridgehead atoms. The van der Waals surface area contributed by atoms with Crippen molar-refractivity contribution in [3.8, 4) is 0 Å². The van der Waals surface area contributed by atoms with Crippen molar-refractivity contribution in [2.45, 2.75) is 38.6 Å². The van der Waals surface area contributed by atoms with Gasteiger partial charge in [-0.2, -0.15) is 0 Å². The number of carbonyl (C=O) groups is 1. The van der Waals surface area contributed by atoms with Crippen molar-refractivity contribution < 1.29 is 9.90 Å². The van der Waals surface area contributed by atoms with Crippen LogP contribution in [0.1, 0.15) is 43.7 Å². The van der Waals surface area contributed by atoms with E-state index in [2.05, 4.69) is 67.3 Å². The smallest absolute Gasteiger partial charge is 0.303 e. The normalized spacial score (nSPS) is 12.5. The number of nitrogens with zero attached hydrogens (tertiary/aromatic N) is 1. The molecule has 0 saturated heterocycles. The van der Waals surface area contributed by atoms with E-state index in [-0.39, 0.29) is 18.4 Å². The van der Waals surface area contributed by atoms with Crippen LogP contribution in [-0.2, 0) is 4.79 Å². The zero-order valence-corrected chi connectivity index (χ0v) is 14.6. The van der Waals surface area contributed by atoms with E-state index in [1.165, 1.54) is 11.1 Å². The van der Waals surface area contributed by atoms with Crippen molar-refractivity contribution in [3.63, 3.8) is 0 Å². The molecule has 3 nitrogen and oxygen atoms in total. The lowest BCUT2D eigenvalue weighted by molar-refractivity contribution is -0.137. The van der Waals surface area contributed by atoms with Crippen LogP contribution in [0.5, 0.6) is 0 Å². The van der Waals surface area contributed by atoms with Crippen molar-refractivity contribution in [2.75, 3.05) is 13.1 Å². The predicted octanol–water partition coefficient (Wildman–Crippen LogP) is 4.39. The highest BCUT2D eigenvalue weighted by Crippen LogP contribution is 2.33. The molecule has 0 aliphatic rings. The minimum absolute atomic E-state index is 0.167. The second kappa shape index (κ2) is 9.24. The summed E-state index contributed by atoms with van der Waals surface area (Å²) in [6.45, 7) is 6.11. The molecule has 0 aromatic heterocycles. The molecule has 24 heavy (non-hydrogen) atoms. The Balaban J connectivity index is 2.45. The Morgan fingerprint density at radius 3 is 1.75 bits per heavy atom. The van der Waals surface area contributed by atoms with Crippen molar-refractivity contribution in [1.82, 2.24) is 4.90 Å². The summed E-state index contributed by atoms with van der Waals surface area (Å²) >= 11 is 0. The topological polar surface area (TPSA) is 40.5 Å². The molecule has 0 aliphatic carbocycles. The fourth-order valence-electron chi connectivity index (χ4n) is 3.48. The number of carboxylic acids is 1. The van der Waals surface area contributed by atoms with E-state index < -0.39 is 5.97 Å². The third kappa shape index (κ3) is 4.68. The van der Waals surface area contributed by atoms with Gasteiger partial charge in [-0.05, 0) is 30.6 Å². The molecule has 0 saturated carbocycles. The molecule has 0 amide bonds. The van der Waals surface area contributed by atoms with Crippen LogP contribution in [0.2, 0.25) is 0 Å². The lowest BCUT2D eigenvalue weighted by Crippen LogP contribution is -2.40. The number of hydrogen-bond donors (Lipinski definition) is 1. The van der Waals surface area contributed by atoms with Crippen LogP contribution in [-0.4, -0.2) is 35.1 Å². The van der Waals surface area contributed by atoms with Gasteiger partial charge in [0, 0.05) is 18.4 Å². The van der Waals surface area contributed by atoms with Gasteiger partial charge in [-0.25, -0.2) is 0 Å². The SMILES string of the molecule is CCN(CC)C(CCC(=O)O)C(c1ccccc1)c1ccccc1. The molecule has 2 aromatic carbocycles. The number of benzene rings is 2. The minimum atomic E-state index is -0.730. The Bertz CT molecular complexity index is 569. The fourth-order valence-corrected chi connectivity index (χ4v) is 3.48. The van der Waals surface area contributed by atoms with Gasteiger partial charge >= 0.3 is 5.97 Å². The predicted molar refractivity (Wildman–Crippen MR) is 98.3 cm³/mol. The highest BCUT2D eigenvalue weighted by Gasteiger charge is 2.29. The highest BCUT2D eigenvalue weighted by molar-refractivity contribution is 5.66. The van der Waals surface area contributed by atoms with Gasteiger partial charge in [0.1, 0.15) is 0 Å². The van der Waals surface area contributed by atoms with Crippen molar-refractivity contribution in [2.24, 2.45) is 0 Å². The molecular formula is C21H27NO2. The average molecular weight is 325 g/mol. The summed E-state index contributed by atoms with van der Waals surface area (Å²) in [5.74, 6) is -0.557. The zero-order chi connectivity index (χ0) is 17.4. The highest BCUT2D eigenvalue weighted by atomic mass is 16.4. The van der Waals surface area contributed by atoms with Crippen LogP contribution >= 0.6 is 0 Å². The summed E-state index contributed by atoms with van der Waals surface area (Å²) in [4.78, 5) is 13.6. The molecule has 1 unspecified atom stereocenters. The first kappa shape index (κ1) is 18.2. The molecule has 3 heteroatoms. The van der Waals surface area contributed by atoms with Gasteiger partial charge < -0.3 is 5.11 Å². The summed E-state index contributed by atoms with van der Waals surface area (Å²) in [7, 11) is 0. The Labute approximate surface area is 144 Å². The Morgan fingerprint density at radius 1 is 0.917 bits per heavy atom. The first-order valence-electron chi connectivity index (χ1n) is 8.73. The summed E-state index contributed by atoms with van der Waals surface area (Å²) in [6.07, 6.45) is 0.836. The third-order valence-electron chi connectivity index (χ3n) is 4.64. The Kier molecular flexibility index (Phi) is 7.01. The van der Waals surface area contributed by atoms with Crippen LogP contribution in [0.15, 0.2) is 60.7 Å². The summed E-state index contributed by atoms with van der Waals surface area (Å²) < 4.78 is 0. The zero-order valence-electron chi connectivity index (χ0n) is 14.6. The maximum Gasteiger partial charge on any atom is 0.303 e. The monoisotopic (exact) mass is 325 g/mol. The molecule has 1 N–H and O–H groups in total. The van der Waals surface area contributed by atoms with E-state index in [1.54, 1.807) is 0 Å². The van der Waals surface area contributed by atoms with Crippen molar-refractivity contribution in [3.05, 3.63) is 71.8 Å². The van der Waals surface area contributed by atoms with Gasteiger partial charge in [-0.3, -0.25) is 9.69 Å². The first-order valence-corrected chi connectivity index (χ1v) is 8.73. The quantitative estimate of drug-likeness (QED) is 0.743. The number of aliphatic carboxylic acids is 1. The second-order valence-electron chi connectivity index (χ2n) is 6.02. The van der Waals surface area contributed by atoms with E-state index in [9.17, 15) is 9.90 Å². The van der Waals surface area contributed by atoms with Gasteiger partial charge in [0.05, 0.1) is 0 Å². The van der Waals surface area contributed by atoms with Gasteiger partial charge in [-0.1, -0.05) is 74.5 Å². The Morgan fingerprint density at radius 2 is 1.38 bits per heavy atom. The van der Waals surface area contributed by atoms with Gasteiger partial charge in [0.25, 0.3) is 0 Å². The molecule has 2 rings (SSSR count). The summed E-state index contributed by atoms with van der Waals surface area (Å²) in [5.41, 5.74) is 2.48. The fraction of sp³-hybridized carbons (Fsp3) is 0.381. The molecule has 0 spiro atoms. The van der Waals surface area contributed by atoms with E-state index in [0.29, 0.717) is 6.42 Å². The molecule has 128 valence electrons. The van der Waals surface area contributed by atoms with Crippen molar-refractivity contribution >= 4 is 5.97 Å². The van der Waals surface area contributed by atoms with Crippen LogP contribution in [0.4, 0.5) is 0 Å². The number of carboxylic acid groups (broad SMARTS) is 1. The molecule has 1 atom stereocenters. The van der Waals surface area contributed by atoms with Crippen LogP contribution < -0.4 is 0 Å². The molecule has 0 heterocycles. The van der Waals surface area contributed by atoms with Gasteiger partial charge in [0.2, 0.25) is 0 Å². The third-order valence-corrected chi connectivity index (χ3v) is 4.64. The average Bonchev–Trinajstić information content (AvgIpc) is 2.62. The van der Waals surface area contributed by atoms with E-state index >= 15 is 0 Å². The number of likely N-dealkylation sites (N-methyl/N-ethyl adjacent to an activating group) is 1. The second-order valence-corrected chi connectivity index (χ2v) is 6.02. The van der Waals surface area contributed by atoms with E-state index in [1.807, 2.05) is 12.1 Å². The standard InChI is InChI=1S/C21H27NO2/c1-3-22(4-2)19(15-16-20(23)24)21(17-11-7-5-8-12-17)18-13-9-6-10-14-18/h5-14,19,21H,3-4,15-16H2,1-2H3,(H,23,24). The van der Waals surface area contributed by atoms with Crippen LogP contribution in [0.3, 0.4) is 0 Å². The molecule has 0 fully saturated rings. The molecule has 0 radical (unpaired) electrons. The summed E-state index contributed by atoms with van der Waals surface area (Å²) in [6, 6.07) is 21.0. The molecule has 2 aromatic rings. The lowest BCUT2D eigenvalue weighted by atomic mass is 9.82. The lowest BCUT2D eigenvalue weighted by Gasteiger charge is -2.36.